The Morgan fingerprint density at radius 2 is 2.06 bits per heavy atom. The summed E-state index contributed by atoms with van der Waals surface area (Å²) in [5, 5.41) is 1.33. The fourth-order valence-electron chi connectivity index (χ4n) is 2.41. The van der Waals surface area contributed by atoms with Gasteiger partial charge in [0.1, 0.15) is 8.07 Å². The Morgan fingerprint density at radius 1 is 1.35 bits per heavy atom. The van der Waals surface area contributed by atoms with E-state index in [4.69, 9.17) is 0 Å². The summed E-state index contributed by atoms with van der Waals surface area (Å²) >= 11 is 0. The van der Waals surface area contributed by atoms with Gasteiger partial charge in [-0.15, -0.1) is 6.58 Å². The van der Waals surface area contributed by atoms with E-state index in [9.17, 15) is 0 Å². The maximum Gasteiger partial charge on any atom is 0.108 e. The largest absolute Gasteiger partial charge is 0.266 e. The van der Waals surface area contributed by atoms with Crippen molar-refractivity contribution in [2.24, 2.45) is 5.92 Å². The van der Waals surface area contributed by atoms with Crippen LogP contribution in [0.15, 0.2) is 37.1 Å². The number of hydrogen-bond donors (Lipinski definition) is 0. The van der Waals surface area contributed by atoms with E-state index < -0.39 is 8.07 Å². The lowest BCUT2D eigenvalue weighted by molar-refractivity contribution is 0.550. The van der Waals surface area contributed by atoms with Crippen molar-refractivity contribution in [1.82, 2.24) is 4.98 Å². The number of nitrogens with zero attached hydrogens (tertiary/aromatic N) is 1. The molecule has 1 rings (SSSR count). The molecule has 0 aliphatic carbocycles. The van der Waals surface area contributed by atoms with E-state index in [1.165, 1.54) is 11.7 Å². The lowest BCUT2D eigenvalue weighted by Gasteiger charge is -2.32. The van der Waals surface area contributed by atoms with Gasteiger partial charge in [0.05, 0.1) is 0 Å². The zero-order valence-corrected chi connectivity index (χ0v) is 12.6. The van der Waals surface area contributed by atoms with Crippen LogP contribution in [0.2, 0.25) is 18.6 Å². The van der Waals surface area contributed by atoms with Gasteiger partial charge in [0.2, 0.25) is 0 Å². The average Bonchev–Trinajstić information content (AvgIpc) is 2.29. The number of hydrogen-bond acceptors (Lipinski definition) is 1. The van der Waals surface area contributed by atoms with Crippen molar-refractivity contribution < 1.29 is 0 Å². The Hall–Kier alpha value is -0.893. The predicted octanol–water partition coefficient (Wildman–Crippen LogP) is 3.99. The monoisotopic (exact) mass is 247 g/mol. The molecule has 2 heteroatoms. The van der Waals surface area contributed by atoms with Crippen molar-refractivity contribution in [2.75, 3.05) is 0 Å². The van der Waals surface area contributed by atoms with Gasteiger partial charge in [0.15, 0.2) is 0 Å². The second kappa shape index (κ2) is 6.15. The third kappa shape index (κ3) is 3.81. The maximum absolute atomic E-state index is 4.59. The molecule has 0 fully saturated rings. The smallest absolute Gasteiger partial charge is 0.108 e. The summed E-state index contributed by atoms with van der Waals surface area (Å²) in [4.78, 5) is 4.59. The Labute approximate surface area is 107 Å². The molecule has 17 heavy (non-hydrogen) atoms. The van der Waals surface area contributed by atoms with E-state index in [-0.39, 0.29) is 0 Å². The zero-order valence-electron chi connectivity index (χ0n) is 11.6. The molecule has 1 atom stereocenters. The van der Waals surface area contributed by atoms with Gasteiger partial charge in [-0.3, -0.25) is 4.98 Å². The second-order valence-corrected chi connectivity index (χ2v) is 10.6. The highest BCUT2D eigenvalue weighted by Crippen LogP contribution is 2.31. The summed E-state index contributed by atoms with van der Waals surface area (Å²) in [6.45, 7) is 13.4. The Morgan fingerprint density at radius 3 is 2.53 bits per heavy atom. The van der Waals surface area contributed by atoms with E-state index in [0.717, 1.165) is 17.9 Å². The lowest BCUT2D eigenvalue weighted by atomic mass is 10.1. The van der Waals surface area contributed by atoms with E-state index in [2.05, 4.69) is 56.7 Å². The van der Waals surface area contributed by atoms with Gasteiger partial charge in [-0.2, -0.15) is 0 Å². The molecule has 0 aromatic carbocycles. The van der Waals surface area contributed by atoms with Crippen molar-refractivity contribution in [3.8, 4) is 0 Å². The summed E-state index contributed by atoms with van der Waals surface area (Å²) in [6, 6.07) is 6.30. The van der Waals surface area contributed by atoms with Gasteiger partial charge >= 0.3 is 0 Å². The molecule has 1 aromatic heterocycles. The molecular weight excluding hydrogens is 222 g/mol. The molecule has 0 aliphatic heterocycles. The third-order valence-corrected chi connectivity index (χ3v) is 7.68. The van der Waals surface area contributed by atoms with Crippen LogP contribution in [0.4, 0.5) is 0 Å². The van der Waals surface area contributed by atoms with Crippen LogP contribution in [0, 0.1) is 5.92 Å². The molecule has 0 N–H and O–H groups in total. The SMILES string of the molecule is C=CC[C@H](CC(C)C)[Si](C)(C)c1ccccn1. The van der Waals surface area contributed by atoms with E-state index in [1.54, 1.807) is 0 Å². The Kier molecular flexibility index (Phi) is 5.13. The topological polar surface area (TPSA) is 12.9 Å². The van der Waals surface area contributed by atoms with Crippen LogP contribution in [0.1, 0.15) is 26.7 Å². The first-order valence-electron chi connectivity index (χ1n) is 6.51. The van der Waals surface area contributed by atoms with Crippen LogP contribution in [-0.4, -0.2) is 13.1 Å². The van der Waals surface area contributed by atoms with Gasteiger partial charge in [0, 0.05) is 11.5 Å². The first-order valence-corrected chi connectivity index (χ1v) is 9.58. The Bertz CT molecular complexity index is 343. The molecule has 0 aliphatic rings. The number of allylic oxidation sites excluding steroid dienone is 1. The van der Waals surface area contributed by atoms with Crippen LogP contribution in [0.5, 0.6) is 0 Å². The van der Waals surface area contributed by atoms with Crippen molar-refractivity contribution in [2.45, 2.75) is 45.3 Å². The summed E-state index contributed by atoms with van der Waals surface area (Å²) in [5.41, 5.74) is 0.745. The molecule has 0 saturated heterocycles. The van der Waals surface area contributed by atoms with Gasteiger partial charge in [-0.05, 0) is 36.4 Å². The molecular formula is C15H25NSi. The van der Waals surface area contributed by atoms with Crippen molar-refractivity contribution in [3.05, 3.63) is 37.1 Å². The van der Waals surface area contributed by atoms with Crippen LogP contribution in [0.3, 0.4) is 0 Å². The molecule has 0 bridgehead atoms. The highest BCUT2D eigenvalue weighted by molar-refractivity contribution is 6.90. The van der Waals surface area contributed by atoms with Gasteiger partial charge in [0.25, 0.3) is 0 Å². The highest BCUT2D eigenvalue weighted by atomic mass is 28.3. The van der Waals surface area contributed by atoms with E-state index in [1.807, 2.05) is 12.3 Å². The molecule has 0 spiro atoms. The van der Waals surface area contributed by atoms with E-state index in [0.29, 0.717) is 0 Å². The Balaban J connectivity index is 2.94. The molecule has 0 radical (unpaired) electrons. The molecule has 0 amide bonds. The number of aromatic nitrogens is 1. The fraction of sp³-hybridized carbons (Fsp3) is 0.533. The van der Waals surface area contributed by atoms with Crippen LogP contribution in [-0.2, 0) is 0 Å². The van der Waals surface area contributed by atoms with Gasteiger partial charge in [-0.1, -0.05) is 39.1 Å². The first kappa shape index (κ1) is 14.2. The summed E-state index contributed by atoms with van der Waals surface area (Å²) in [5.74, 6) is 0.746. The highest BCUT2D eigenvalue weighted by Gasteiger charge is 2.34. The molecule has 1 nitrogen and oxygen atoms in total. The minimum atomic E-state index is -1.47. The van der Waals surface area contributed by atoms with Crippen molar-refractivity contribution >= 4 is 13.4 Å². The third-order valence-electron chi connectivity index (χ3n) is 3.55. The summed E-state index contributed by atoms with van der Waals surface area (Å²) < 4.78 is 0. The maximum atomic E-state index is 4.59. The molecule has 1 heterocycles. The van der Waals surface area contributed by atoms with Gasteiger partial charge < -0.3 is 0 Å². The van der Waals surface area contributed by atoms with Crippen LogP contribution < -0.4 is 5.32 Å². The zero-order chi connectivity index (χ0) is 12.9. The molecule has 94 valence electrons. The predicted molar refractivity (Wildman–Crippen MR) is 79.4 cm³/mol. The number of rotatable bonds is 6. The molecule has 1 aromatic rings. The fourth-order valence-corrected chi connectivity index (χ4v) is 5.58. The summed E-state index contributed by atoms with van der Waals surface area (Å²) in [6.07, 6.45) is 6.39. The lowest BCUT2D eigenvalue weighted by Crippen LogP contribution is -2.47. The average molecular weight is 247 g/mol. The van der Waals surface area contributed by atoms with Crippen molar-refractivity contribution in [1.29, 1.82) is 0 Å². The standard InChI is InChI=1S/C15H25NSi/c1-6-9-14(12-13(2)3)17(4,5)15-10-7-8-11-16-15/h6-8,10-11,13-14H,1,9,12H2,2-5H3/t14-/m1/s1. The second-order valence-electron chi connectivity index (χ2n) is 5.79. The van der Waals surface area contributed by atoms with Crippen molar-refractivity contribution in [3.63, 3.8) is 0 Å². The number of pyridine rings is 1. The van der Waals surface area contributed by atoms with Crippen LogP contribution >= 0.6 is 0 Å². The molecule has 0 saturated carbocycles. The van der Waals surface area contributed by atoms with E-state index >= 15 is 0 Å². The normalized spacial score (nSPS) is 13.7. The summed E-state index contributed by atoms with van der Waals surface area (Å²) in [7, 11) is -1.47. The van der Waals surface area contributed by atoms with Gasteiger partial charge in [-0.25, -0.2) is 0 Å². The molecule has 0 unspecified atom stereocenters. The minimum Gasteiger partial charge on any atom is -0.266 e. The van der Waals surface area contributed by atoms with Crippen LogP contribution in [0.25, 0.3) is 0 Å². The first-order chi connectivity index (χ1) is 7.98. The minimum absolute atomic E-state index is 0.745. The quantitative estimate of drug-likeness (QED) is 0.547.